The molecule has 11 heavy (non-hydrogen) atoms. The Morgan fingerprint density at radius 2 is 2.36 bits per heavy atom. The minimum Gasteiger partial charge on any atom is -0.246 e. The number of nitrogens with zero attached hydrogens (tertiary/aromatic N) is 4. The van der Waals surface area contributed by atoms with Gasteiger partial charge in [0.05, 0.1) is 17.2 Å². The van der Waals surface area contributed by atoms with Crippen molar-refractivity contribution in [1.29, 1.82) is 0 Å². The van der Waals surface area contributed by atoms with Crippen LogP contribution in [0.15, 0.2) is 5.11 Å². The fourth-order valence-electron chi connectivity index (χ4n) is 0.699. The van der Waals surface area contributed by atoms with Gasteiger partial charge in [0, 0.05) is 9.79 Å². The van der Waals surface area contributed by atoms with Gasteiger partial charge in [0.2, 0.25) is 0 Å². The Morgan fingerprint density at radius 3 is 2.82 bits per heavy atom. The van der Waals surface area contributed by atoms with Crippen molar-refractivity contribution in [2.45, 2.75) is 20.4 Å². The van der Waals surface area contributed by atoms with Crippen LogP contribution in [0.2, 0.25) is 0 Å². The van der Waals surface area contributed by atoms with E-state index in [4.69, 9.17) is 5.53 Å². The van der Waals surface area contributed by atoms with E-state index in [1.165, 1.54) is 4.88 Å². The first-order valence-electron chi connectivity index (χ1n) is 3.18. The summed E-state index contributed by atoms with van der Waals surface area (Å²) in [6.07, 6.45) is 0. The van der Waals surface area contributed by atoms with Crippen LogP contribution in [0.5, 0.6) is 0 Å². The molecule has 0 aliphatic heterocycles. The van der Waals surface area contributed by atoms with Crippen molar-refractivity contribution in [1.82, 2.24) is 4.98 Å². The zero-order valence-electron chi connectivity index (χ0n) is 6.40. The maximum absolute atomic E-state index is 8.04. The number of thiazole rings is 1. The lowest BCUT2D eigenvalue weighted by Gasteiger charge is -1.80. The van der Waals surface area contributed by atoms with Crippen LogP contribution in [0.3, 0.4) is 0 Å². The highest BCUT2D eigenvalue weighted by molar-refractivity contribution is 7.11. The second-order valence-electron chi connectivity index (χ2n) is 2.14. The highest BCUT2D eigenvalue weighted by Crippen LogP contribution is 2.16. The molecule has 1 heterocycles. The molecule has 4 nitrogen and oxygen atoms in total. The molecule has 1 aromatic rings. The van der Waals surface area contributed by atoms with E-state index in [1.54, 1.807) is 11.3 Å². The second kappa shape index (κ2) is 3.37. The van der Waals surface area contributed by atoms with Crippen molar-refractivity contribution in [3.05, 3.63) is 26.0 Å². The van der Waals surface area contributed by atoms with Crippen molar-refractivity contribution >= 4 is 11.3 Å². The molecular formula is C6H8N4S. The quantitative estimate of drug-likeness (QED) is 0.380. The third-order valence-electron chi connectivity index (χ3n) is 1.34. The van der Waals surface area contributed by atoms with Crippen LogP contribution >= 0.6 is 11.3 Å². The van der Waals surface area contributed by atoms with Crippen molar-refractivity contribution in [2.24, 2.45) is 5.11 Å². The summed E-state index contributed by atoms with van der Waals surface area (Å²) in [4.78, 5) is 8.05. The molecule has 5 heteroatoms. The van der Waals surface area contributed by atoms with Gasteiger partial charge in [-0.05, 0) is 19.4 Å². The number of hydrogen-bond acceptors (Lipinski definition) is 3. The Bertz CT molecular complexity index is 278. The van der Waals surface area contributed by atoms with Gasteiger partial charge in [-0.2, -0.15) is 0 Å². The minimum atomic E-state index is 0.371. The average Bonchev–Trinajstić information content (AvgIpc) is 2.28. The molecule has 0 saturated heterocycles. The van der Waals surface area contributed by atoms with Gasteiger partial charge in [-0.25, -0.2) is 4.98 Å². The number of hydrogen-bond donors (Lipinski definition) is 0. The van der Waals surface area contributed by atoms with Crippen LogP contribution in [0, 0.1) is 13.8 Å². The predicted octanol–water partition coefficient (Wildman–Crippen LogP) is 2.57. The molecule has 1 aromatic heterocycles. The molecule has 0 aliphatic carbocycles. The molecule has 1 rings (SSSR count). The number of rotatable bonds is 2. The van der Waals surface area contributed by atoms with Crippen molar-refractivity contribution in [3.63, 3.8) is 0 Å². The first-order chi connectivity index (χ1) is 5.24. The van der Waals surface area contributed by atoms with Crippen LogP contribution in [0.1, 0.15) is 15.6 Å². The minimum absolute atomic E-state index is 0.371. The lowest BCUT2D eigenvalue weighted by atomic mass is 10.4. The van der Waals surface area contributed by atoms with E-state index in [0.717, 1.165) is 10.7 Å². The number of aryl methyl sites for hydroxylation is 2. The largest absolute Gasteiger partial charge is 0.246 e. The summed E-state index contributed by atoms with van der Waals surface area (Å²) in [5.41, 5.74) is 9.06. The van der Waals surface area contributed by atoms with Crippen LogP contribution in [0.25, 0.3) is 10.4 Å². The second-order valence-corrected chi connectivity index (χ2v) is 3.43. The lowest BCUT2D eigenvalue weighted by molar-refractivity contribution is 1.00. The fourth-order valence-corrected chi connectivity index (χ4v) is 1.55. The third kappa shape index (κ3) is 1.93. The summed E-state index contributed by atoms with van der Waals surface area (Å²) < 4.78 is 0. The normalized spacial score (nSPS) is 9.27. The van der Waals surface area contributed by atoms with E-state index in [1.807, 2.05) is 13.8 Å². The van der Waals surface area contributed by atoms with E-state index < -0.39 is 0 Å². The first-order valence-corrected chi connectivity index (χ1v) is 3.99. The lowest BCUT2D eigenvalue weighted by Crippen LogP contribution is -1.77. The molecule has 0 aromatic carbocycles. The zero-order chi connectivity index (χ0) is 8.27. The maximum atomic E-state index is 8.04. The Hall–Kier alpha value is -1.06. The summed E-state index contributed by atoms with van der Waals surface area (Å²) in [6.45, 7) is 4.33. The first kappa shape index (κ1) is 8.04. The van der Waals surface area contributed by atoms with E-state index >= 15 is 0 Å². The molecule has 58 valence electrons. The van der Waals surface area contributed by atoms with Gasteiger partial charge < -0.3 is 0 Å². The topological polar surface area (TPSA) is 61.7 Å². The van der Waals surface area contributed by atoms with Gasteiger partial charge in [0.1, 0.15) is 0 Å². The molecule has 0 atom stereocenters. The van der Waals surface area contributed by atoms with Gasteiger partial charge in [0.25, 0.3) is 0 Å². The Kier molecular flexibility index (Phi) is 2.46. The smallest absolute Gasteiger partial charge is 0.0988 e. The predicted molar refractivity (Wildman–Crippen MR) is 44.4 cm³/mol. The highest BCUT2D eigenvalue weighted by atomic mass is 32.1. The van der Waals surface area contributed by atoms with Crippen molar-refractivity contribution in [3.8, 4) is 0 Å². The van der Waals surface area contributed by atoms with Crippen LogP contribution in [-0.4, -0.2) is 4.98 Å². The fraction of sp³-hybridized carbons (Fsp3) is 0.500. The summed E-state index contributed by atoms with van der Waals surface area (Å²) >= 11 is 1.58. The molecule has 0 fully saturated rings. The summed E-state index contributed by atoms with van der Waals surface area (Å²) in [7, 11) is 0. The zero-order valence-corrected chi connectivity index (χ0v) is 7.22. The standard InChI is InChI=1S/C6H8N4S/c1-4-5(2)11-6(9-4)3-8-10-7/h3H2,1-2H3. The van der Waals surface area contributed by atoms with Crippen molar-refractivity contribution < 1.29 is 0 Å². The van der Waals surface area contributed by atoms with Gasteiger partial charge in [-0.3, -0.25) is 0 Å². The van der Waals surface area contributed by atoms with E-state index in [-0.39, 0.29) is 0 Å². The van der Waals surface area contributed by atoms with Crippen molar-refractivity contribution in [2.75, 3.05) is 0 Å². The van der Waals surface area contributed by atoms with Gasteiger partial charge in [-0.1, -0.05) is 5.11 Å². The maximum Gasteiger partial charge on any atom is 0.0988 e. The molecule has 0 aliphatic rings. The average molecular weight is 168 g/mol. The molecule has 0 saturated carbocycles. The SMILES string of the molecule is Cc1nc(CN=[N+]=[N-])sc1C. The molecule has 0 unspecified atom stereocenters. The summed E-state index contributed by atoms with van der Waals surface area (Å²) in [6, 6.07) is 0. The van der Waals surface area contributed by atoms with Crippen LogP contribution in [-0.2, 0) is 6.54 Å². The molecule has 0 bridgehead atoms. The molecule has 0 radical (unpaired) electrons. The van der Waals surface area contributed by atoms with Gasteiger partial charge in [-0.15, -0.1) is 11.3 Å². The van der Waals surface area contributed by atoms with E-state index in [0.29, 0.717) is 6.54 Å². The number of aromatic nitrogens is 1. The van der Waals surface area contributed by atoms with Gasteiger partial charge in [0.15, 0.2) is 0 Å². The monoisotopic (exact) mass is 168 g/mol. The Morgan fingerprint density at radius 1 is 1.64 bits per heavy atom. The molecular weight excluding hydrogens is 160 g/mol. The molecule has 0 amide bonds. The Labute approximate surface area is 68.5 Å². The molecule has 0 N–H and O–H groups in total. The summed E-state index contributed by atoms with van der Waals surface area (Å²) in [5, 5.41) is 4.31. The number of azide groups is 1. The van der Waals surface area contributed by atoms with E-state index in [2.05, 4.69) is 15.0 Å². The van der Waals surface area contributed by atoms with Gasteiger partial charge >= 0.3 is 0 Å². The third-order valence-corrected chi connectivity index (χ3v) is 2.40. The van der Waals surface area contributed by atoms with E-state index in [9.17, 15) is 0 Å². The highest BCUT2D eigenvalue weighted by Gasteiger charge is 2.00. The molecule has 0 spiro atoms. The van der Waals surface area contributed by atoms with Crippen LogP contribution in [0.4, 0.5) is 0 Å². The Balaban J connectivity index is 2.80. The summed E-state index contributed by atoms with van der Waals surface area (Å²) in [5.74, 6) is 0. The van der Waals surface area contributed by atoms with Crippen LogP contribution < -0.4 is 0 Å².